The Balaban J connectivity index is 2.08. The molecule has 0 bridgehead atoms. The van der Waals surface area contributed by atoms with Gasteiger partial charge in [-0.15, -0.1) is 0 Å². The van der Waals surface area contributed by atoms with Crippen LogP contribution in [0.2, 0.25) is 0 Å². The van der Waals surface area contributed by atoms with E-state index in [2.05, 4.69) is 6.42 Å². The highest BCUT2D eigenvalue weighted by molar-refractivity contribution is 5.79. The molecule has 0 aromatic rings. The summed E-state index contributed by atoms with van der Waals surface area (Å²) in [6.07, 6.45) is 6.51. The molecule has 1 unspecified atom stereocenters. The zero-order chi connectivity index (χ0) is 6.97. The second kappa shape index (κ2) is 2.26. The van der Waals surface area contributed by atoms with Gasteiger partial charge in [0, 0.05) is 19.0 Å². The smallest absolute Gasteiger partial charge is 0.222 e. The Morgan fingerprint density at radius 1 is 1.50 bits per heavy atom. The number of carbonyl (C=O) groups excluding carboxylic acids is 1. The molecule has 1 atom stereocenters. The van der Waals surface area contributed by atoms with Gasteiger partial charge in [0.05, 0.1) is 0 Å². The number of fused-ring (bicyclic) bond motifs is 1. The molecule has 0 aromatic carbocycles. The fourth-order valence-corrected chi connectivity index (χ4v) is 1.88. The van der Waals surface area contributed by atoms with Crippen LogP contribution in [-0.2, 0) is 4.79 Å². The van der Waals surface area contributed by atoms with Crippen LogP contribution in [0.15, 0.2) is 0 Å². The van der Waals surface area contributed by atoms with Crippen LogP contribution in [0.4, 0.5) is 0 Å². The first-order chi connectivity index (χ1) is 4.88. The van der Waals surface area contributed by atoms with Crippen LogP contribution in [0, 0.1) is 6.42 Å². The van der Waals surface area contributed by atoms with E-state index < -0.39 is 0 Å². The Bertz CT molecular complexity index is 155. The number of piperidine rings is 1. The summed E-state index contributed by atoms with van der Waals surface area (Å²) in [4.78, 5) is 13.1. The molecule has 1 amide bonds. The van der Waals surface area contributed by atoms with Gasteiger partial charge in [0.1, 0.15) is 0 Å². The molecule has 2 saturated heterocycles. The van der Waals surface area contributed by atoms with Crippen LogP contribution in [0.3, 0.4) is 0 Å². The lowest BCUT2D eigenvalue weighted by Crippen LogP contribution is -2.37. The topological polar surface area (TPSA) is 20.3 Å². The van der Waals surface area contributed by atoms with Crippen molar-refractivity contribution < 1.29 is 4.79 Å². The SMILES string of the molecule is O=C1CCC2CC[CH]CN12. The molecule has 2 aliphatic rings. The largest absolute Gasteiger partial charge is 0.339 e. The van der Waals surface area contributed by atoms with E-state index in [1.807, 2.05) is 4.90 Å². The summed E-state index contributed by atoms with van der Waals surface area (Å²) in [7, 11) is 0. The summed E-state index contributed by atoms with van der Waals surface area (Å²) in [5, 5.41) is 0. The number of amides is 1. The van der Waals surface area contributed by atoms with Crippen molar-refractivity contribution in [3.8, 4) is 0 Å². The third-order valence-corrected chi connectivity index (χ3v) is 2.48. The summed E-state index contributed by atoms with van der Waals surface area (Å²) in [6, 6.07) is 0.595. The minimum atomic E-state index is 0.362. The van der Waals surface area contributed by atoms with E-state index in [9.17, 15) is 4.79 Å². The standard InChI is InChI=1S/C8H12NO/c10-8-5-4-7-3-1-2-6-9(7)8/h2,7H,1,3-6H2. The third kappa shape index (κ3) is 0.825. The van der Waals surface area contributed by atoms with Crippen molar-refractivity contribution in [3.05, 3.63) is 6.42 Å². The zero-order valence-corrected chi connectivity index (χ0v) is 6.05. The average molecular weight is 138 g/mol. The average Bonchev–Trinajstić information content (AvgIpc) is 2.34. The Morgan fingerprint density at radius 3 is 3.20 bits per heavy atom. The Kier molecular flexibility index (Phi) is 1.40. The lowest BCUT2D eigenvalue weighted by molar-refractivity contribution is -0.129. The van der Waals surface area contributed by atoms with Crippen molar-refractivity contribution in [2.45, 2.75) is 31.7 Å². The fourth-order valence-electron chi connectivity index (χ4n) is 1.88. The van der Waals surface area contributed by atoms with Gasteiger partial charge < -0.3 is 4.90 Å². The van der Waals surface area contributed by atoms with Gasteiger partial charge in [-0.2, -0.15) is 0 Å². The summed E-state index contributed by atoms with van der Waals surface area (Å²) in [5.74, 6) is 0.362. The Morgan fingerprint density at radius 2 is 2.40 bits per heavy atom. The number of nitrogens with zero attached hydrogens (tertiary/aromatic N) is 1. The minimum absolute atomic E-state index is 0.362. The van der Waals surface area contributed by atoms with Gasteiger partial charge in [0.15, 0.2) is 0 Å². The van der Waals surface area contributed by atoms with Gasteiger partial charge in [0.2, 0.25) is 5.91 Å². The Labute approximate surface area is 61.2 Å². The maximum atomic E-state index is 11.1. The first kappa shape index (κ1) is 6.20. The lowest BCUT2D eigenvalue weighted by Gasteiger charge is -2.28. The highest BCUT2D eigenvalue weighted by atomic mass is 16.2. The van der Waals surface area contributed by atoms with Gasteiger partial charge in [-0.25, -0.2) is 0 Å². The van der Waals surface area contributed by atoms with Gasteiger partial charge >= 0.3 is 0 Å². The highest BCUT2D eigenvalue weighted by Crippen LogP contribution is 2.26. The molecule has 0 aliphatic carbocycles. The van der Waals surface area contributed by atoms with Gasteiger partial charge in [0.25, 0.3) is 0 Å². The first-order valence-electron chi connectivity index (χ1n) is 3.99. The second-order valence-corrected chi connectivity index (χ2v) is 3.10. The van der Waals surface area contributed by atoms with Crippen LogP contribution < -0.4 is 0 Å². The summed E-state index contributed by atoms with van der Waals surface area (Å²) >= 11 is 0. The van der Waals surface area contributed by atoms with Crippen molar-refractivity contribution in [3.63, 3.8) is 0 Å². The molecule has 0 aromatic heterocycles. The molecule has 10 heavy (non-hydrogen) atoms. The monoisotopic (exact) mass is 138 g/mol. The van der Waals surface area contributed by atoms with Crippen LogP contribution in [0.1, 0.15) is 25.7 Å². The normalized spacial score (nSPS) is 32.6. The Hall–Kier alpha value is -0.530. The molecule has 2 heterocycles. The van der Waals surface area contributed by atoms with Crippen LogP contribution in [-0.4, -0.2) is 23.4 Å². The number of rotatable bonds is 0. The second-order valence-electron chi connectivity index (χ2n) is 3.10. The summed E-state index contributed by atoms with van der Waals surface area (Å²) < 4.78 is 0. The molecular weight excluding hydrogens is 126 g/mol. The molecule has 2 rings (SSSR count). The number of hydrogen-bond acceptors (Lipinski definition) is 1. The number of hydrogen-bond donors (Lipinski definition) is 0. The van der Waals surface area contributed by atoms with Crippen LogP contribution >= 0.6 is 0 Å². The molecule has 1 radical (unpaired) electrons. The van der Waals surface area contributed by atoms with Crippen molar-refractivity contribution >= 4 is 5.91 Å². The van der Waals surface area contributed by atoms with E-state index in [4.69, 9.17) is 0 Å². The van der Waals surface area contributed by atoms with Crippen molar-refractivity contribution in [1.29, 1.82) is 0 Å². The van der Waals surface area contributed by atoms with E-state index in [-0.39, 0.29) is 0 Å². The van der Waals surface area contributed by atoms with Crippen LogP contribution in [0.25, 0.3) is 0 Å². The molecule has 0 spiro atoms. The zero-order valence-electron chi connectivity index (χ0n) is 6.05. The first-order valence-corrected chi connectivity index (χ1v) is 3.99. The number of carbonyl (C=O) groups is 1. The quantitative estimate of drug-likeness (QED) is 0.488. The molecular formula is C8H12NO. The molecule has 0 N–H and O–H groups in total. The van der Waals surface area contributed by atoms with Crippen LogP contribution in [0.5, 0.6) is 0 Å². The molecule has 2 nitrogen and oxygen atoms in total. The maximum Gasteiger partial charge on any atom is 0.222 e. The van der Waals surface area contributed by atoms with Gasteiger partial charge in [-0.1, -0.05) is 0 Å². The van der Waals surface area contributed by atoms with E-state index in [0.717, 1.165) is 19.4 Å². The molecule has 0 saturated carbocycles. The fraction of sp³-hybridized carbons (Fsp3) is 0.750. The summed E-state index contributed by atoms with van der Waals surface area (Å²) in [5.41, 5.74) is 0. The van der Waals surface area contributed by atoms with Crippen molar-refractivity contribution in [2.75, 3.05) is 6.54 Å². The molecule has 55 valence electrons. The van der Waals surface area contributed by atoms with Crippen molar-refractivity contribution in [1.82, 2.24) is 4.90 Å². The maximum absolute atomic E-state index is 11.1. The van der Waals surface area contributed by atoms with Gasteiger partial charge in [-0.3, -0.25) is 4.79 Å². The molecule has 2 fully saturated rings. The minimum Gasteiger partial charge on any atom is -0.339 e. The van der Waals surface area contributed by atoms with E-state index >= 15 is 0 Å². The molecule has 2 aliphatic heterocycles. The highest BCUT2D eigenvalue weighted by Gasteiger charge is 2.32. The van der Waals surface area contributed by atoms with E-state index in [0.29, 0.717) is 11.9 Å². The molecule has 2 heteroatoms. The lowest BCUT2D eigenvalue weighted by atomic mass is 10.0. The summed E-state index contributed by atoms with van der Waals surface area (Å²) in [6.45, 7) is 0.906. The van der Waals surface area contributed by atoms with E-state index in [1.165, 1.54) is 12.8 Å². The van der Waals surface area contributed by atoms with Gasteiger partial charge in [-0.05, 0) is 25.7 Å². The third-order valence-electron chi connectivity index (χ3n) is 2.48. The predicted molar refractivity (Wildman–Crippen MR) is 38.3 cm³/mol. The predicted octanol–water partition coefficient (Wildman–Crippen LogP) is 0.975. The van der Waals surface area contributed by atoms with Crippen molar-refractivity contribution in [2.24, 2.45) is 0 Å². The van der Waals surface area contributed by atoms with E-state index in [1.54, 1.807) is 0 Å².